The average Bonchev–Trinajstić information content (AvgIpc) is 2.61. The van der Waals surface area contributed by atoms with Crippen LogP contribution < -0.4 is 4.74 Å². The summed E-state index contributed by atoms with van der Waals surface area (Å²) in [5, 5.41) is 0. The zero-order valence-electron chi connectivity index (χ0n) is 14.1. The van der Waals surface area contributed by atoms with Gasteiger partial charge in [-0.15, -0.1) is 0 Å². The second kappa shape index (κ2) is 8.62. The van der Waals surface area contributed by atoms with E-state index in [1.165, 1.54) is 0 Å². The average molecular weight is 332 g/mol. The highest BCUT2D eigenvalue weighted by Crippen LogP contribution is 2.45. The topological polar surface area (TPSA) is 69.7 Å². The van der Waals surface area contributed by atoms with Crippen molar-refractivity contribution < 1.29 is 23.9 Å². The summed E-state index contributed by atoms with van der Waals surface area (Å²) < 4.78 is 10.2. The van der Waals surface area contributed by atoms with Gasteiger partial charge in [-0.25, -0.2) is 0 Å². The van der Waals surface area contributed by atoms with Crippen molar-refractivity contribution in [1.29, 1.82) is 0 Å². The van der Waals surface area contributed by atoms with Crippen molar-refractivity contribution in [3.63, 3.8) is 0 Å². The molecule has 0 bridgehead atoms. The van der Waals surface area contributed by atoms with Crippen molar-refractivity contribution in [2.75, 3.05) is 13.7 Å². The van der Waals surface area contributed by atoms with Gasteiger partial charge < -0.3 is 19.1 Å². The number of hydrogen-bond donors (Lipinski definition) is 0. The Labute approximate surface area is 142 Å². The molecule has 0 heterocycles. The van der Waals surface area contributed by atoms with Gasteiger partial charge in [0.25, 0.3) is 0 Å². The lowest BCUT2D eigenvalue weighted by Gasteiger charge is -2.38. The molecule has 0 saturated heterocycles. The van der Waals surface area contributed by atoms with Crippen LogP contribution in [0.4, 0.5) is 0 Å². The third-order valence-corrected chi connectivity index (χ3v) is 4.86. The van der Waals surface area contributed by atoms with Crippen LogP contribution in [0.3, 0.4) is 0 Å². The van der Waals surface area contributed by atoms with E-state index in [4.69, 9.17) is 9.47 Å². The molecule has 1 saturated carbocycles. The van der Waals surface area contributed by atoms with Gasteiger partial charge in [-0.1, -0.05) is 12.1 Å². The van der Waals surface area contributed by atoms with Gasteiger partial charge in [0.05, 0.1) is 13.7 Å². The summed E-state index contributed by atoms with van der Waals surface area (Å²) in [7, 11) is 1.59. The molecule has 0 aliphatic heterocycles. The minimum Gasteiger partial charge on any atom is -0.497 e. The fourth-order valence-electron chi connectivity index (χ4n) is 3.67. The number of carbonyl (C=O) groups is 3. The summed E-state index contributed by atoms with van der Waals surface area (Å²) >= 11 is 0. The Morgan fingerprint density at radius 2 is 1.88 bits per heavy atom. The summed E-state index contributed by atoms with van der Waals surface area (Å²) in [4.78, 5) is 35.1. The molecule has 0 unspecified atom stereocenters. The monoisotopic (exact) mass is 332 g/mol. The van der Waals surface area contributed by atoms with Crippen LogP contribution in [0.15, 0.2) is 24.3 Å². The Balaban J connectivity index is 2.26. The maximum atomic E-state index is 11.8. The van der Waals surface area contributed by atoms with Crippen LogP contribution in [0, 0.1) is 17.8 Å². The molecule has 0 amide bonds. The minimum absolute atomic E-state index is 0.0927. The van der Waals surface area contributed by atoms with E-state index in [-0.39, 0.29) is 36.1 Å². The van der Waals surface area contributed by atoms with Crippen LogP contribution in [0.5, 0.6) is 5.75 Å². The second-order valence-corrected chi connectivity index (χ2v) is 6.16. The van der Waals surface area contributed by atoms with Crippen LogP contribution in [-0.4, -0.2) is 32.3 Å². The quantitative estimate of drug-likeness (QED) is 0.567. The molecule has 2 rings (SSSR count). The first-order valence-corrected chi connectivity index (χ1v) is 8.34. The highest BCUT2D eigenvalue weighted by atomic mass is 16.5. The number of ether oxygens (including phenoxy) is 2. The van der Waals surface area contributed by atoms with Crippen LogP contribution >= 0.6 is 0 Å². The van der Waals surface area contributed by atoms with Crippen molar-refractivity contribution in [3.8, 4) is 5.75 Å². The summed E-state index contributed by atoms with van der Waals surface area (Å²) in [6, 6.07) is 7.44. The number of methoxy groups -OCH3 is 1. The van der Waals surface area contributed by atoms with E-state index in [0.29, 0.717) is 19.4 Å². The minimum atomic E-state index is -0.369. The SMILES string of the molecule is CCOC(=O)C[C@@H]1CC[C@@H](C=O)[C@H](c2ccc(OC)cc2)[C@H]1C=O. The Morgan fingerprint density at radius 3 is 2.42 bits per heavy atom. The second-order valence-electron chi connectivity index (χ2n) is 6.16. The van der Waals surface area contributed by atoms with Gasteiger partial charge in [0.1, 0.15) is 18.3 Å². The summed E-state index contributed by atoms with van der Waals surface area (Å²) in [6.45, 7) is 2.09. The molecule has 5 heteroatoms. The number of carbonyl (C=O) groups excluding carboxylic acids is 3. The van der Waals surface area contributed by atoms with E-state index in [9.17, 15) is 14.4 Å². The largest absolute Gasteiger partial charge is 0.497 e. The molecule has 24 heavy (non-hydrogen) atoms. The Hall–Kier alpha value is -2.17. The zero-order valence-corrected chi connectivity index (χ0v) is 14.1. The Morgan fingerprint density at radius 1 is 1.17 bits per heavy atom. The summed E-state index contributed by atoms with van der Waals surface area (Å²) in [5.74, 6) is -0.446. The molecular formula is C19H24O5. The van der Waals surface area contributed by atoms with E-state index in [0.717, 1.165) is 23.9 Å². The van der Waals surface area contributed by atoms with E-state index in [1.54, 1.807) is 14.0 Å². The predicted octanol–water partition coefficient (Wildman–Crippen LogP) is 2.77. The first-order chi connectivity index (χ1) is 11.6. The fraction of sp³-hybridized carbons (Fsp3) is 0.526. The number of benzene rings is 1. The molecule has 130 valence electrons. The third-order valence-electron chi connectivity index (χ3n) is 4.86. The number of rotatable bonds is 7. The smallest absolute Gasteiger partial charge is 0.306 e. The standard InChI is InChI=1S/C19H24O5/c1-3-24-18(22)10-14-4-5-15(11-20)19(17(14)12-21)13-6-8-16(23-2)9-7-13/h6-9,11-12,14-15,17,19H,3-5,10H2,1-2H3/t14-,15-,17-,19-/m0/s1. The molecule has 1 aliphatic carbocycles. The predicted molar refractivity (Wildman–Crippen MR) is 88.8 cm³/mol. The van der Waals surface area contributed by atoms with Crippen molar-refractivity contribution in [2.45, 2.75) is 32.1 Å². The van der Waals surface area contributed by atoms with Gasteiger partial charge in [0, 0.05) is 24.2 Å². The molecule has 5 nitrogen and oxygen atoms in total. The zero-order chi connectivity index (χ0) is 17.5. The highest BCUT2D eigenvalue weighted by Gasteiger charge is 2.41. The number of aldehydes is 2. The lowest BCUT2D eigenvalue weighted by molar-refractivity contribution is -0.145. The highest BCUT2D eigenvalue weighted by molar-refractivity contribution is 5.71. The van der Waals surface area contributed by atoms with Crippen LogP contribution in [0.2, 0.25) is 0 Å². The van der Waals surface area contributed by atoms with Crippen LogP contribution in [0.1, 0.15) is 37.7 Å². The summed E-state index contributed by atoms with van der Waals surface area (Å²) in [5.41, 5.74) is 0.929. The van der Waals surface area contributed by atoms with E-state index in [1.807, 2.05) is 24.3 Å². The van der Waals surface area contributed by atoms with E-state index < -0.39 is 0 Å². The third kappa shape index (κ3) is 4.02. The lowest BCUT2D eigenvalue weighted by Crippen LogP contribution is -2.36. The maximum absolute atomic E-state index is 11.8. The van der Waals surface area contributed by atoms with Crippen molar-refractivity contribution >= 4 is 18.5 Å². The first kappa shape index (κ1) is 18.2. The molecule has 0 radical (unpaired) electrons. The molecule has 1 aromatic carbocycles. The number of esters is 1. The molecular weight excluding hydrogens is 308 g/mol. The normalized spacial score (nSPS) is 26.4. The van der Waals surface area contributed by atoms with Crippen LogP contribution in [0.25, 0.3) is 0 Å². The van der Waals surface area contributed by atoms with Gasteiger partial charge in [-0.05, 0) is 43.4 Å². The first-order valence-electron chi connectivity index (χ1n) is 8.34. The number of hydrogen-bond acceptors (Lipinski definition) is 5. The van der Waals surface area contributed by atoms with Crippen molar-refractivity contribution in [3.05, 3.63) is 29.8 Å². The Kier molecular flexibility index (Phi) is 6.53. The van der Waals surface area contributed by atoms with E-state index in [2.05, 4.69) is 0 Å². The molecule has 0 spiro atoms. The fourth-order valence-corrected chi connectivity index (χ4v) is 3.67. The van der Waals surface area contributed by atoms with Gasteiger partial charge in [-0.3, -0.25) is 4.79 Å². The lowest BCUT2D eigenvalue weighted by atomic mass is 9.64. The van der Waals surface area contributed by atoms with Gasteiger partial charge in [0.15, 0.2) is 0 Å². The molecule has 4 atom stereocenters. The van der Waals surface area contributed by atoms with Gasteiger partial charge in [-0.2, -0.15) is 0 Å². The van der Waals surface area contributed by atoms with Crippen molar-refractivity contribution in [1.82, 2.24) is 0 Å². The van der Waals surface area contributed by atoms with Gasteiger partial charge in [0.2, 0.25) is 0 Å². The summed E-state index contributed by atoms with van der Waals surface area (Å²) in [6.07, 6.45) is 3.41. The van der Waals surface area contributed by atoms with Crippen LogP contribution in [-0.2, 0) is 19.1 Å². The van der Waals surface area contributed by atoms with Crippen molar-refractivity contribution in [2.24, 2.45) is 17.8 Å². The molecule has 1 fully saturated rings. The van der Waals surface area contributed by atoms with E-state index >= 15 is 0 Å². The molecule has 1 aromatic rings. The molecule has 0 N–H and O–H groups in total. The molecule has 0 aromatic heterocycles. The molecule has 1 aliphatic rings. The maximum Gasteiger partial charge on any atom is 0.306 e. The van der Waals surface area contributed by atoms with Gasteiger partial charge >= 0.3 is 5.97 Å². The Bertz CT molecular complexity index is 566.